The van der Waals surface area contributed by atoms with E-state index in [1.165, 1.54) is 0 Å². The van der Waals surface area contributed by atoms with Gasteiger partial charge in [0.05, 0.1) is 22.6 Å². The van der Waals surface area contributed by atoms with Gasteiger partial charge in [0.15, 0.2) is 17.1 Å². The van der Waals surface area contributed by atoms with Crippen molar-refractivity contribution in [1.82, 2.24) is 40.2 Å². The molecule has 0 aliphatic carbocycles. The molecule has 2 atom stereocenters. The zero-order valence-electron chi connectivity index (χ0n) is 12.5. The molecule has 0 bridgehead atoms. The summed E-state index contributed by atoms with van der Waals surface area (Å²) in [5.41, 5.74) is 8.54. The fourth-order valence-electron chi connectivity index (χ4n) is 2.93. The van der Waals surface area contributed by atoms with Gasteiger partial charge in [0.2, 0.25) is 0 Å². The van der Waals surface area contributed by atoms with Crippen LogP contribution in [0, 0.1) is 0 Å². The first kappa shape index (κ1) is 13.8. The minimum absolute atomic E-state index is 0.0992. The average Bonchev–Trinajstić information content (AvgIpc) is 3.31. The maximum atomic E-state index is 6.30. The fraction of sp³-hybridized carbons (Fsp3) is 0.200. The summed E-state index contributed by atoms with van der Waals surface area (Å²) in [6.45, 7) is 0.668. The molecule has 0 spiro atoms. The van der Waals surface area contributed by atoms with Gasteiger partial charge in [0.25, 0.3) is 0 Å². The highest BCUT2D eigenvalue weighted by molar-refractivity contribution is 6.21. The van der Waals surface area contributed by atoms with Crippen molar-refractivity contribution >= 4 is 28.3 Å². The summed E-state index contributed by atoms with van der Waals surface area (Å²) in [4.78, 5) is 9.15. The van der Waals surface area contributed by atoms with Gasteiger partial charge in [-0.25, -0.2) is 24.6 Å². The van der Waals surface area contributed by atoms with Crippen LogP contribution in [-0.2, 0) is 0 Å². The van der Waals surface area contributed by atoms with Crippen molar-refractivity contribution in [3.05, 3.63) is 48.7 Å². The van der Waals surface area contributed by atoms with E-state index in [9.17, 15) is 0 Å². The number of nitrogens with zero attached hydrogens (tertiary/aromatic N) is 6. The smallest absolute Gasteiger partial charge is 0.171 e. The summed E-state index contributed by atoms with van der Waals surface area (Å²) in [6.07, 6.45) is 3.42. The largest absolute Gasteiger partial charge is 0.256 e. The zero-order valence-corrected chi connectivity index (χ0v) is 13.2. The van der Waals surface area contributed by atoms with E-state index in [0.29, 0.717) is 12.4 Å². The van der Waals surface area contributed by atoms with Crippen molar-refractivity contribution in [2.45, 2.75) is 11.4 Å². The van der Waals surface area contributed by atoms with Gasteiger partial charge in [-0.3, -0.25) is 5.43 Å². The lowest BCUT2D eigenvalue weighted by atomic mass is 10.2. The molecule has 0 amide bonds. The van der Waals surface area contributed by atoms with Gasteiger partial charge in [0, 0.05) is 6.54 Å². The lowest BCUT2D eigenvalue weighted by Gasteiger charge is -2.06. The Morgan fingerprint density at radius 3 is 2.83 bits per heavy atom. The first-order valence-corrected chi connectivity index (χ1v) is 8.02. The topological polar surface area (TPSA) is 85.0 Å². The third-order valence-electron chi connectivity index (χ3n) is 4.12. The van der Waals surface area contributed by atoms with Crippen LogP contribution in [0.5, 0.6) is 0 Å². The van der Waals surface area contributed by atoms with E-state index < -0.39 is 0 Å². The summed E-state index contributed by atoms with van der Waals surface area (Å²) in [6, 6.07) is 9.74. The van der Waals surface area contributed by atoms with Crippen LogP contribution in [0.15, 0.2) is 42.9 Å². The van der Waals surface area contributed by atoms with Gasteiger partial charge in [-0.15, -0.1) is 16.7 Å². The highest BCUT2D eigenvalue weighted by Gasteiger charge is 2.30. The third-order valence-corrected chi connectivity index (χ3v) is 4.52. The molecule has 1 aliphatic rings. The van der Waals surface area contributed by atoms with Crippen molar-refractivity contribution in [2.75, 3.05) is 6.54 Å². The van der Waals surface area contributed by atoms with Crippen molar-refractivity contribution < 1.29 is 0 Å². The van der Waals surface area contributed by atoms with Gasteiger partial charge in [-0.1, -0.05) is 18.2 Å². The Balaban J connectivity index is 1.68. The Kier molecular flexibility index (Phi) is 3.02. The Hall–Kier alpha value is -2.55. The lowest BCUT2D eigenvalue weighted by molar-refractivity contribution is 0.555. The Morgan fingerprint density at radius 2 is 2.04 bits per heavy atom. The number of aromatic nitrogens is 6. The van der Waals surface area contributed by atoms with E-state index >= 15 is 0 Å². The van der Waals surface area contributed by atoms with Crippen molar-refractivity contribution in [1.29, 1.82) is 0 Å². The molecule has 2 N–H and O–H groups in total. The maximum absolute atomic E-state index is 6.30. The molecule has 4 heterocycles. The first-order valence-electron chi connectivity index (χ1n) is 7.58. The van der Waals surface area contributed by atoms with E-state index in [1.54, 1.807) is 21.7 Å². The minimum Gasteiger partial charge on any atom is -0.256 e. The minimum atomic E-state index is -0.134. The number of alkyl halides is 1. The first-order chi connectivity index (χ1) is 11.8. The van der Waals surface area contributed by atoms with Crippen molar-refractivity contribution in [3.63, 3.8) is 0 Å². The molecule has 9 heteroatoms. The molecular weight excluding hydrogens is 328 g/mol. The van der Waals surface area contributed by atoms with Crippen LogP contribution < -0.4 is 10.9 Å². The quantitative estimate of drug-likeness (QED) is 0.534. The number of hydrazine groups is 1. The zero-order chi connectivity index (χ0) is 16.1. The van der Waals surface area contributed by atoms with E-state index in [-0.39, 0.29) is 11.4 Å². The Morgan fingerprint density at radius 1 is 1.17 bits per heavy atom. The number of hydrogen-bond acceptors (Lipinski definition) is 6. The Labute approximate surface area is 141 Å². The maximum Gasteiger partial charge on any atom is 0.171 e. The van der Waals surface area contributed by atoms with Gasteiger partial charge in [0.1, 0.15) is 12.4 Å². The molecule has 120 valence electrons. The molecule has 1 saturated heterocycles. The number of fused-ring (bicyclic) bond motifs is 3. The number of halogens is 1. The van der Waals surface area contributed by atoms with Gasteiger partial charge in [-0.2, -0.15) is 5.10 Å². The molecular formula is C15H13ClN8. The van der Waals surface area contributed by atoms with E-state index in [0.717, 1.165) is 22.4 Å². The van der Waals surface area contributed by atoms with E-state index in [1.807, 2.05) is 30.3 Å². The number of hydrogen-bond donors (Lipinski definition) is 2. The number of benzene rings is 1. The summed E-state index contributed by atoms with van der Waals surface area (Å²) in [5, 5.41) is 9.70. The van der Waals surface area contributed by atoms with Crippen LogP contribution in [0.4, 0.5) is 0 Å². The van der Waals surface area contributed by atoms with Gasteiger partial charge < -0.3 is 0 Å². The standard InChI is InChI=1S/C15H13ClN8/c16-11-7-18-21-12(11)13-20-15-10-6-19-24(9-4-2-1-3-5-9)14(10)17-8-23(15)22-13/h1-6,8,11-12,18,21H,7H2. The second-order valence-corrected chi connectivity index (χ2v) is 6.19. The normalized spacial score (nSPS) is 21.0. The third kappa shape index (κ3) is 2.01. The van der Waals surface area contributed by atoms with Crippen molar-refractivity contribution in [3.8, 4) is 5.69 Å². The Bertz CT molecular complexity index is 1020. The SMILES string of the molecule is ClC1CNNC1c1nc2c3cnn(-c4ccccc4)c3ncn2n1. The molecule has 1 aromatic carbocycles. The summed E-state index contributed by atoms with van der Waals surface area (Å²) in [7, 11) is 0. The molecule has 2 unspecified atom stereocenters. The molecule has 0 radical (unpaired) electrons. The predicted octanol–water partition coefficient (Wildman–Crippen LogP) is 1.22. The summed E-state index contributed by atoms with van der Waals surface area (Å²) >= 11 is 6.30. The second-order valence-electron chi connectivity index (χ2n) is 5.63. The molecule has 0 saturated carbocycles. The molecule has 1 aliphatic heterocycles. The van der Waals surface area contributed by atoms with Crippen LogP contribution in [-0.4, -0.2) is 41.3 Å². The van der Waals surface area contributed by atoms with E-state index in [4.69, 9.17) is 11.6 Å². The van der Waals surface area contributed by atoms with Crippen LogP contribution >= 0.6 is 11.6 Å². The molecule has 1 fully saturated rings. The molecule has 4 aromatic rings. The predicted molar refractivity (Wildman–Crippen MR) is 88.9 cm³/mol. The fourth-order valence-corrected chi connectivity index (χ4v) is 3.18. The van der Waals surface area contributed by atoms with Crippen LogP contribution in [0.25, 0.3) is 22.4 Å². The van der Waals surface area contributed by atoms with Crippen LogP contribution in [0.1, 0.15) is 11.9 Å². The van der Waals surface area contributed by atoms with Crippen LogP contribution in [0.2, 0.25) is 0 Å². The molecule has 8 nitrogen and oxygen atoms in total. The highest BCUT2D eigenvalue weighted by atomic mass is 35.5. The van der Waals surface area contributed by atoms with E-state index in [2.05, 4.69) is 31.0 Å². The summed E-state index contributed by atoms with van der Waals surface area (Å²) in [5.74, 6) is 0.641. The summed E-state index contributed by atoms with van der Waals surface area (Å²) < 4.78 is 3.46. The average molecular weight is 341 g/mol. The van der Waals surface area contributed by atoms with Crippen molar-refractivity contribution in [2.24, 2.45) is 0 Å². The molecule has 3 aromatic heterocycles. The number of para-hydroxylation sites is 1. The number of nitrogens with one attached hydrogen (secondary N) is 2. The molecule has 24 heavy (non-hydrogen) atoms. The van der Waals surface area contributed by atoms with Crippen LogP contribution in [0.3, 0.4) is 0 Å². The number of rotatable bonds is 2. The monoisotopic (exact) mass is 340 g/mol. The molecule has 5 rings (SSSR count). The van der Waals surface area contributed by atoms with Gasteiger partial charge in [-0.05, 0) is 12.1 Å². The second kappa shape index (κ2) is 5.23. The lowest BCUT2D eigenvalue weighted by Crippen LogP contribution is -2.25. The highest BCUT2D eigenvalue weighted by Crippen LogP contribution is 2.24. The van der Waals surface area contributed by atoms with Gasteiger partial charge >= 0.3 is 0 Å².